The van der Waals surface area contributed by atoms with Crippen LogP contribution in [-0.4, -0.2) is 51.6 Å². The summed E-state index contributed by atoms with van der Waals surface area (Å²) in [6, 6.07) is 3.65. The second-order valence-electron chi connectivity index (χ2n) is 9.45. The van der Waals surface area contributed by atoms with Gasteiger partial charge < -0.3 is 19.2 Å². The fourth-order valence-electron chi connectivity index (χ4n) is 5.36. The minimum absolute atomic E-state index is 0.159. The Labute approximate surface area is 204 Å². The summed E-state index contributed by atoms with van der Waals surface area (Å²) in [5, 5.41) is 0.734. The van der Waals surface area contributed by atoms with Gasteiger partial charge in [0.2, 0.25) is 0 Å². The normalized spacial score (nSPS) is 18.2. The van der Waals surface area contributed by atoms with Crippen LogP contribution in [0.4, 0.5) is 17.6 Å². The third kappa shape index (κ3) is 4.40. The van der Waals surface area contributed by atoms with E-state index in [9.17, 15) is 27.2 Å². The van der Waals surface area contributed by atoms with Gasteiger partial charge in [-0.15, -0.1) is 0 Å². The number of piperidine rings is 1. The Kier molecular flexibility index (Phi) is 6.36. The van der Waals surface area contributed by atoms with E-state index in [2.05, 4.69) is 9.97 Å². The van der Waals surface area contributed by atoms with E-state index in [0.29, 0.717) is 47.8 Å². The molecule has 192 valence electrons. The fourth-order valence-corrected chi connectivity index (χ4v) is 5.36. The molecular formula is C25H26F4N4O3. The number of pyridine rings is 2. The number of nitrogens with one attached hydrogen (secondary N) is 1. The van der Waals surface area contributed by atoms with Gasteiger partial charge in [0.15, 0.2) is 0 Å². The second kappa shape index (κ2) is 9.34. The molecular weight excluding hydrogens is 480 g/mol. The van der Waals surface area contributed by atoms with Crippen LogP contribution in [0.2, 0.25) is 0 Å². The average Bonchev–Trinajstić information content (AvgIpc) is 3.29. The number of aromatic amines is 1. The predicted octanol–water partition coefficient (Wildman–Crippen LogP) is 4.33. The number of likely N-dealkylation sites (tertiary alicyclic amines) is 1. The number of hydrogen-bond donors (Lipinski definition) is 1. The maximum Gasteiger partial charge on any atom is 0.431 e. The molecule has 36 heavy (non-hydrogen) atoms. The van der Waals surface area contributed by atoms with E-state index in [1.54, 1.807) is 0 Å². The minimum atomic E-state index is -4.70. The molecule has 2 fully saturated rings. The van der Waals surface area contributed by atoms with Gasteiger partial charge in [-0.25, -0.2) is 9.37 Å². The van der Waals surface area contributed by atoms with Crippen LogP contribution < -0.4 is 5.56 Å². The summed E-state index contributed by atoms with van der Waals surface area (Å²) in [6.07, 6.45) is -0.799. The molecule has 0 spiro atoms. The van der Waals surface area contributed by atoms with Crippen LogP contribution in [0.25, 0.3) is 11.0 Å². The van der Waals surface area contributed by atoms with Crippen LogP contribution in [-0.2, 0) is 18.0 Å². The number of ether oxygens (including phenoxy) is 1. The summed E-state index contributed by atoms with van der Waals surface area (Å²) < 4.78 is 60.1. The van der Waals surface area contributed by atoms with E-state index in [-0.39, 0.29) is 24.6 Å². The number of amides is 1. The number of halogens is 4. The zero-order chi connectivity index (χ0) is 25.6. The van der Waals surface area contributed by atoms with Gasteiger partial charge in [0.25, 0.3) is 11.5 Å². The number of carbonyl (C=O) groups excluding carboxylic acids is 1. The van der Waals surface area contributed by atoms with Crippen LogP contribution in [0.15, 0.2) is 29.2 Å². The maximum absolute atomic E-state index is 15.0. The van der Waals surface area contributed by atoms with Crippen LogP contribution in [0.1, 0.15) is 64.8 Å². The highest BCUT2D eigenvalue weighted by molar-refractivity contribution is 5.94. The zero-order valence-electron chi connectivity index (χ0n) is 19.7. The van der Waals surface area contributed by atoms with Gasteiger partial charge in [-0.3, -0.25) is 9.59 Å². The van der Waals surface area contributed by atoms with Crippen molar-refractivity contribution in [2.75, 3.05) is 26.3 Å². The molecule has 2 aliphatic rings. The molecule has 3 aromatic heterocycles. The molecule has 2 aliphatic heterocycles. The first-order chi connectivity index (χ1) is 17.1. The Morgan fingerprint density at radius 3 is 2.47 bits per heavy atom. The molecule has 11 heteroatoms. The number of alkyl halides is 3. The Bertz CT molecular complexity index is 1350. The first kappa shape index (κ1) is 24.5. The molecule has 0 radical (unpaired) electrons. The molecule has 0 saturated carbocycles. The van der Waals surface area contributed by atoms with E-state index in [1.807, 2.05) is 6.07 Å². The molecule has 0 unspecified atom stereocenters. The van der Waals surface area contributed by atoms with Crippen molar-refractivity contribution in [3.05, 3.63) is 63.1 Å². The van der Waals surface area contributed by atoms with Crippen molar-refractivity contribution in [3.8, 4) is 0 Å². The molecule has 2 saturated heterocycles. The third-order valence-corrected chi connectivity index (χ3v) is 7.35. The minimum Gasteiger partial charge on any atom is -0.381 e. The molecule has 7 nitrogen and oxygen atoms in total. The SMILES string of the molecule is Cn1c(C(F)(F)F)ccc(C(=O)N2CCC(c3c(F)cnc4[nH]c(C5CCOCC5)cc34)CC2)c1=O. The molecule has 3 aromatic rings. The van der Waals surface area contributed by atoms with Crippen molar-refractivity contribution in [3.63, 3.8) is 0 Å². The molecule has 1 N–H and O–H groups in total. The van der Waals surface area contributed by atoms with Gasteiger partial charge in [0.1, 0.15) is 22.7 Å². The summed E-state index contributed by atoms with van der Waals surface area (Å²) in [6.45, 7) is 1.88. The number of nitrogens with zero attached hydrogens (tertiary/aromatic N) is 3. The largest absolute Gasteiger partial charge is 0.431 e. The van der Waals surface area contributed by atoms with Crippen molar-refractivity contribution in [2.45, 2.75) is 43.7 Å². The van der Waals surface area contributed by atoms with Gasteiger partial charge in [-0.1, -0.05) is 0 Å². The van der Waals surface area contributed by atoms with Crippen molar-refractivity contribution >= 4 is 16.9 Å². The van der Waals surface area contributed by atoms with Gasteiger partial charge in [-0.05, 0) is 49.8 Å². The number of rotatable bonds is 3. The van der Waals surface area contributed by atoms with E-state index in [4.69, 9.17) is 4.74 Å². The smallest absolute Gasteiger partial charge is 0.381 e. The number of aromatic nitrogens is 3. The number of hydrogen-bond acceptors (Lipinski definition) is 4. The molecule has 5 rings (SSSR count). The van der Waals surface area contributed by atoms with Gasteiger partial charge in [-0.2, -0.15) is 13.2 Å². The molecule has 5 heterocycles. The first-order valence-corrected chi connectivity index (χ1v) is 12.0. The Balaban J connectivity index is 1.35. The number of H-pyrrole nitrogens is 1. The lowest BCUT2D eigenvalue weighted by atomic mass is 9.87. The molecule has 0 bridgehead atoms. The molecule has 1 amide bonds. The summed E-state index contributed by atoms with van der Waals surface area (Å²) in [4.78, 5) is 34.5. The lowest BCUT2D eigenvalue weighted by Gasteiger charge is -2.32. The summed E-state index contributed by atoms with van der Waals surface area (Å²) >= 11 is 0. The highest BCUT2D eigenvalue weighted by Gasteiger charge is 2.35. The zero-order valence-corrected chi connectivity index (χ0v) is 19.7. The lowest BCUT2D eigenvalue weighted by Crippen LogP contribution is -2.41. The van der Waals surface area contributed by atoms with Crippen molar-refractivity contribution < 1.29 is 27.1 Å². The van der Waals surface area contributed by atoms with Crippen molar-refractivity contribution in [1.29, 1.82) is 0 Å². The quantitative estimate of drug-likeness (QED) is 0.537. The average molecular weight is 507 g/mol. The van der Waals surface area contributed by atoms with Crippen LogP contribution in [0.3, 0.4) is 0 Å². The fraction of sp³-hybridized carbons (Fsp3) is 0.480. The third-order valence-electron chi connectivity index (χ3n) is 7.35. The predicted molar refractivity (Wildman–Crippen MR) is 123 cm³/mol. The van der Waals surface area contributed by atoms with Gasteiger partial charge in [0.05, 0.1) is 6.20 Å². The number of fused-ring (bicyclic) bond motifs is 1. The Morgan fingerprint density at radius 2 is 1.81 bits per heavy atom. The van der Waals surface area contributed by atoms with Gasteiger partial charge in [0, 0.05) is 55.9 Å². The van der Waals surface area contributed by atoms with E-state index >= 15 is 0 Å². The molecule has 0 aromatic carbocycles. The maximum atomic E-state index is 15.0. The summed E-state index contributed by atoms with van der Waals surface area (Å²) in [5.74, 6) is -0.879. The topological polar surface area (TPSA) is 80.2 Å². The molecule has 0 aliphatic carbocycles. The number of carbonyl (C=O) groups is 1. The second-order valence-corrected chi connectivity index (χ2v) is 9.45. The van der Waals surface area contributed by atoms with Crippen LogP contribution >= 0.6 is 0 Å². The van der Waals surface area contributed by atoms with Crippen molar-refractivity contribution in [2.24, 2.45) is 7.05 Å². The Morgan fingerprint density at radius 1 is 1.11 bits per heavy atom. The highest BCUT2D eigenvalue weighted by atomic mass is 19.4. The van der Waals surface area contributed by atoms with E-state index < -0.39 is 29.2 Å². The van der Waals surface area contributed by atoms with Crippen molar-refractivity contribution in [1.82, 2.24) is 19.4 Å². The highest BCUT2D eigenvalue weighted by Crippen LogP contribution is 2.37. The summed E-state index contributed by atoms with van der Waals surface area (Å²) in [7, 11) is 0.997. The van der Waals surface area contributed by atoms with E-state index in [1.165, 1.54) is 11.1 Å². The Hall–Kier alpha value is -3.21. The summed E-state index contributed by atoms with van der Waals surface area (Å²) in [5.41, 5.74) is -0.225. The van der Waals surface area contributed by atoms with E-state index in [0.717, 1.165) is 43.1 Å². The standard InChI is InChI=1S/C25H26F4N4O3/c1-32-20(25(27,28)29)3-2-16(23(32)34)24(35)33-8-4-15(5-9-33)21-17-12-19(14-6-10-36-11-7-14)31-22(17)30-13-18(21)26/h2-3,12-15H,4-11H2,1H3,(H,30,31). The lowest BCUT2D eigenvalue weighted by molar-refractivity contribution is -0.143. The van der Waals surface area contributed by atoms with Gasteiger partial charge >= 0.3 is 6.18 Å². The van der Waals surface area contributed by atoms with Crippen LogP contribution in [0, 0.1) is 5.82 Å². The monoisotopic (exact) mass is 506 g/mol. The molecule has 0 atom stereocenters. The first-order valence-electron chi connectivity index (χ1n) is 12.0. The van der Waals surface area contributed by atoms with Crippen LogP contribution in [0.5, 0.6) is 0 Å².